The number of nitrogens with zero attached hydrogens (tertiary/aromatic N) is 1. The molecule has 4 nitrogen and oxygen atoms in total. The first kappa shape index (κ1) is 11.4. The summed E-state index contributed by atoms with van der Waals surface area (Å²) in [5.41, 5.74) is -0.251. The number of fused-ring (bicyclic) bond motifs is 1. The van der Waals surface area contributed by atoms with E-state index in [0.29, 0.717) is 11.0 Å². The lowest BCUT2D eigenvalue weighted by atomic mass is 10.1. The molecule has 4 aromatic rings. The molecule has 0 unspecified atom stereocenters. The first-order valence-electron chi connectivity index (χ1n) is 10.2. The van der Waals surface area contributed by atoms with Crippen molar-refractivity contribution in [3.8, 4) is 11.1 Å². The topological polar surface area (TPSA) is 59.6 Å². The lowest BCUT2D eigenvalue weighted by Gasteiger charge is -2.05. The molecule has 5 heteroatoms. The maximum absolute atomic E-state index is 12.9. The molecule has 0 aliphatic rings. The minimum atomic E-state index is -4.19. The van der Waals surface area contributed by atoms with Gasteiger partial charge >= 0.3 is 0 Å². The molecule has 0 aliphatic heterocycles. The normalized spacial score (nSPS) is 15.1. The quantitative estimate of drug-likeness (QED) is 0.540. The van der Waals surface area contributed by atoms with E-state index in [4.69, 9.17) is 11.3 Å². The van der Waals surface area contributed by atoms with E-state index in [0.717, 1.165) is 0 Å². The second-order valence-corrected chi connectivity index (χ2v) is 6.99. The van der Waals surface area contributed by atoms with Crippen molar-refractivity contribution in [3.63, 3.8) is 0 Å². The molecule has 3 aromatic carbocycles. The second-order valence-electron chi connectivity index (χ2n) is 5.38. The Hall–Kier alpha value is -3.18. The van der Waals surface area contributed by atoms with Crippen LogP contribution in [-0.2, 0) is 10.0 Å². The van der Waals surface area contributed by atoms with Gasteiger partial charge in [0.15, 0.2) is 0 Å². The summed E-state index contributed by atoms with van der Waals surface area (Å²) in [4.78, 5) is -0.0645. The van der Waals surface area contributed by atoms with Gasteiger partial charge in [-0.2, -0.15) is 8.42 Å². The molecule has 0 saturated carbocycles. The molecule has 0 radical (unpaired) electrons. The number of rotatable bonds is 3. The van der Waals surface area contributed by atoms with E-state index in [1.165, 1.54) is 18.2 Å². The van der Waals surface area contributed by atoms with Crippen LogP contribution >= 0.6 is 0 Å². The molecule has 0 bridgehead atoms. The largest absolute Gasteiger partial charge is 0.437 e. The molecule has 128 valence electrons. The van der Waals surface area contributed by atoms with E-state index in [1.54, 1.807) is 42.5 Å². The zero-order valence-corrected chi connectivity index (χ0v) is 14.2. The van der Waals surface area contributed by atoms with E-state index in [1.807, 2.05) is 0 Å². The monoisotopic (exact) mass is 366 g/mol. The summed E-state index contributed by atoms with van der Waals surface area (Å²) in [6, 6.07) is 13.2. The van der Waals surface area contributed by atoms with Crippen LogP contribution in [0.5, 0.6) is 0 Å². The van der Waals surface area contributed by atoms with Crippen LogP contribution in [0.25, 0.3) is 22.1 Å². The standard InChI is InChI=1S/C21H15NO3S/c23-26(24,18-12-5-2-6-13-18)22-21-19(16-9-3-1-4-10-16)15-17-11-7-8-14-20(17)25-21/h1-15H/b22-21-/i1D,3D,4D,9D,10D. The Labute approximate surface area is 158 Å². The fraction of sp³-hybridized carbons (Fsp3) is 0. The fourth-order valence-electron chi connectivity index (χ4n) is 2.45. The fourth-order valence-corrected chi connectivity index (χ4v) is 3.42. The van der Waals surface area contributed by atoms with E-state index < -0.39 is 40.2 Å². The van der Waals surface area contributed by atoms with Crippen molar-refractivity contribution < 1.29 is 19.7 Å². The molecular weight excluding hydrogens is 346 g/mol. The highest BCUT2D eigenvalue weighted by Crippen LogP contribution is 2.21. The summed E-state index contributed by atoms with van der Waals surface area (Å²) in [5, 5.41) is 0.556. The highest BCUT2D eigenvalue weighted by Gasteiger charge is 2.14. The lowest BCUT2D eigenvalue weighted by Crippen LogP contribution is -2.10. The van der Waals surface area contributed by atoms with Crippen LogP contribution in [0.4, 0.5) is 0 Å². The van der Waals surface area contributed by atoms with Gasteiger partial charge in [0, 0.05) is 10.9 Å². The van der Waals surface area contributed by atoms with Gasteiger partial charge < -0.3 is 4.42 Å². The third-order valence-corrected chi connectivity index (χ3v) is 4.94. The average Bonchev–Trinajstić information content (AvgIpc) is 2.77. The summed E-state index contributed by atoms with van der Waals surface area (Å²) in [5.74, 6) is 0. The van der Waals surface area contributed by atoms with E-state index in [2.05, 4.69) is 4.40 Å². The van der Waals surface area contributed by atoms with Gasteiger partial charge in [0.2, 0.25) is 5.55 Å². The molecule has 0 amide bonds. The minimum Gasteiger partial charge on any atom is -0.437 e. The Balaban J connectivity index is 2.13. The SMILES string of the molecule is [2H]c1c([2H])c([2H])c(-c2cc3ccccc3o/c2=N\S(=O)(=O)c2ccccc2)c([2H])c1[2H]. The van der Waals surface area contributed by atoms with Crippen molar-refractivity contribution in [1.29, 1.82) is 0 Å². The highest BCUT2D eigenvalue weighted by atomic mass is 32.2. The molecule has 0 spiro atoms. The third kappa shape index (κ3) is 3.17. The molecular formula is C21H15NO3S. The molecule has 0 fully saturated rings. The number of hydrogen-bond acceptors (Lipinski definition) is 3. The van der Waals surface area contributed by atoms with Crippen molar-refractivity contribution in [2.24, 2.45) is 4.40 Å². The molecule has 0 N–H and O–H groups in total. The summed E-state index contributed by atoms with van der Waals surface area (Å²) in [6.07, 6.45) is 0. The van der Waals surface area contributed by atoms with Gasteiger partial charge in [0.1, 0.15) is 5.58 Å². The van der Waals surface area contributed by atoms with E-state index in [9.17, 15) is 8.42 Å². The predicted molar refractivity (Wildman–Crippen MR) is 101 cm³/mol. The van der Waals surface area contributed by atoms with Crippen LogP contribution in [0.15, 0.2) is 105 Å². The van der Waals surface area contributed by atoms with Gasteiger partial charge in [-0.05, 0) is 29.8 Å². The van der Waals surface area contributed by atoms with Crippen LogP contribution in [-0.4, -0.2) is 8.42 Å². The van der Waals surface area contributed by atoms with Gasteiger partial charge in [0.25, 0.3) is 10.0 Å². The Morgan fingerprint density at radius 3 is 2.35 bits per heavy atom. The second kappa shape index (κ2) is 6.61. The molecule has 0 atom stereocenters. The maximum Gasteiger partial charge on any atom is 0.285 e. The minimum absolute atomic E-state index is 0.0183. The molecule has 1 aromatic heterocycles. The first-order valence-corrected chi connectivity index (χ1v) is 9.11. The summed E-state index contributed by atoms with van der Waals surface area (Å²) in [6.45, 7) is 0. The zero-order valence-electron chi connectivity index (χ0n) is 18.4. The van der Waals surface area contributed by atoms with Crippen molar-refractivity contribution in [2.45, 2.75) is 4.90 Å². The van der Waals surface area contributed by atoms with E-state index in [-0.39, 0.29) is 21.6 Å². The lowest BCUT2D eigenvalue weighted by molar-refractivity contribution is 0.543. The van der Waals surface area contributed by atoms with Gasteiger partial charge in [0.05, 0.1) is 11.7 Å². The Bertz CT molecular complexity index is 1470. The van der Waals surface area contributed by atoms with Gasteiger partial charge in [-0.3, -0.25) is 0 Å². The van der Waals surface area contributed by atoms with Crippen LogP contribution < -0.4 is 5.55 Å². The maximum atomic E-state index is 12.9. The number of para-hydroxylation sites is 1. The Morgan fingerprint density at radius 2 is 1.58 bits per heavy atom. The van der Waals surface area contributed by atoms with Crippen molar-refractivity contribution >= 4 is 21.0 Å². The smallest absolute Gasteiger partial charge is 0.285 e. The van der Waals surface area contributed by atoms with E-state index >= 15 is 0 Å². The van der Waals surface area contributed by atoms with Gasteiger partial charge in [-0.25, -0.2) is 0 Å². The van der Waals surface area contributed by atoms with Crippen LogP contribution in [0.1, 0.15) is 6.85 Å². The molecule has 0 aliphatic carbocycles. The molecule has 4 rings (SSSR count). The predicted octanol–water partition coefficient (Wildman–Crippen LogP) is 4.39. The van der Waals surface area contributed by atoms with Crippen molar-refractivity contribution in [1.82, 2.24) is 0 Å². The molecule has 26 heavy (non-hydrogen) atoms. The van der Waals surface area contributed by atoms with Crippen LogP contribution in [0, 0.1) is 0 Å². The third-order valence-electron chi connectivity index (χ3n) is 3.67. The number of benzene rings is 3. The number of hydrogen-bond donors (Lipinski definition) is 0. The summed E-state index contributed by atoms with van der Waals surface area (Å²) >= 11 is 0. The summed E-state index contributed by atoms with van der Waals surface area (Å²) in [7, 11) is -4.19. The average molecular weight is 366 g/mol. The first-order chi connectivity index (χ1) is 14.7. The van der Waals surface area contributed by atoms with Crippen molar-refractivity contribution in [2.75, 3.05) is 0 Å². The summed E-state index contributed by atoms with van der Waals surface area (Å²) < 4.78 is 75.5. The number of sulfonamides is 1. The zero-order chi connectivity index (χ0) is 22.3. The van der Waals surface area contributed by atoms with Crippen LogP contribution in [0.3, 0.4) is 0 Å². The van der Waals surface area contributed by atoms with Gasteiger partial charge in [-0.1, -0.05) is 66.6 Å². The van der Waals surface area contributed by atoms with Crippen molar-refractivity contribution in [3.05, 3.63) is 96.4 Å². The highest BCUT2D eigenvalue weighted by molar-refractivity contribution is 7.90. The molecule has 0 saturated heterocycles. The van der Waals surface area contributed by atoms with Crippen LogP contribution in [0.2, 0.25) is 0 Å². The molecule has 1 heterocycles. The Morgan fingerprint density at radius 1 is 0.885 bits per heavy atom. The van der Waals surface area contributed by atoms with Gasteiger partial charge in [-0.15, -0.1) is 4.40 Å². The Kier molecular flexibility index (Phi) is 2.91.